The maximum atomic E-state index is 12.6. The highest BCUT2D eigenvalue weighted by Gasteiger charge is 2.11. The first-order valence-corrected chi connectivity index (χ1v) is 11.0. The van der Waals surface area contributed by atoms with Gasteiger partial charge in [-0.3, -0.25) is 19.2 Å². The van der Waals surface area contributed by atoms with Crippen molar-refractivity contribution in [3.63, 3.8) is 0 Å². The third kappa shape index (κ3) is 6.21. The minimum absolute atomic E-state index is 0.219. The highest BCUT2D eigenvalue weighted by atomic mass is 16.2. The molecule has 0 unspecified atom stereocenters. The molecule has 0 fully saturated rings. The van der Waals surface area contributed by atoms with Crippen molar-refractivity contribution in [2.75, 3.05) is 21.3 Å². The minimum atomic E-state index is -0.332. The molecule has 0 saturated carbocycles. The van der Waals surface area contributed by atoms with Crippen molar-refractivity contribution in [2.24, 2.45) is 0 Å². The molecule has 36 heavy (non-hydrogen) atoms. The van der Waals surface area contributed by atoms with E-state index in [1.54, 1.807) is 97.1 Å². The first kappa shape index (κ1) is 23.9. The number of amides is 4. The molecule has 4 amide bonds. The predicted octanol–water partition coefficient (Wildman–Crippen LogP) is 5.01. The van der Waals surface area contributed by atoms with Gasteiger partial charge in [0.25, 0.3) is 17.7 Å². The average molecular weight is 479 g/mol. The summed E-state index contributed by atoms with van der Waals surface area (Å²) in [5, 5.41) is 10.9. The zero-order valence-corrected chi connectivity index (χ0v) is 19.0. The summed E-state index contributed by atoms with van der Waals surface area (Å²) in [6, 6.07) is 28.6. The van der Waals surface area contributed by atoms with Gasteiger partial charge in [0.05, 0.1) is 0 Å². The largest absolute Gasteiger partial charge is 0.329 e. The Morgan fingerprint density at radius 1 is 0.444 bits per heavy atom. The van der Waals surface area contributed by atoms with Gasteiger partial charge in [-0.15, -0.1) is 0 Å². The van der Waals surface area contributed by atoms with E-state index >= 15 is 0 Å². The molecule has 0 atom stereocenters. The van der Waals surface area contributed by atoms with Crippen LogP contribution in [0.5, 0.6) is 0 Å². The first-order valence-electron chi connectivity index (χ1n) is 11.0. The fourth-order valence-corrected chi connectivity index (χ4v) is 3.33. The number of hydrogen-bond donors (Lipinski definition) is 4. The van der Waals surface area contributed by atoms with Crippen molar-refractivity contribution in [2.45, 2.75) is 0 Å². The van der Waals surface area contributed by atoms with Crippen LogP contribution in [0.25, 0.3) is 0 Å². The molecule has 8 nitrogen and oxygen atoms in total. The van der Waals surface area contributed by atoms with E-state index < -0.39 is 0 Å². The van der Waals surface area contributed by atoms with Crippen LogP contribution in [-0.4, -0.2) is 24.1 Å². The number of anilines is 4. The molecule has 178 valence electrons. The summed E-state index contributed by atoms with van der Waals surface area (Å²) in [5.41, 5.74) is 3.68. The van der Waals surface area contributed by atoms with Gasteiger partial charge in [-0.25, -0.2) is 0 Å². The number of hydrogen-bond acceptors (Lipinski definition) is 4. The van der Waals surface area contributed by atoms with Crippen LogP contribution in [0.4, 0.5) is 22.7 Å². The molecule has 0 aliphatic rings. The molecule has 4 aromatic carbocycles. The lowest BCUT2D eigenvalue weighted by Gasteiger charge is -2.09. The van der Waals surface area contributed by atoms with E-state index in [9.17, 15) is 19.2 Å². The zero-order chi connectivity index (χ0) is 25.3. The van der Waals surface area contributed by atoms with Gasteiger partial charge in [0.2, 0.25) is 6.41 Å². The average Bonchev–Trinajstić information content (AvgIpc) is 2.91. The second kappa shape index (κ2) is 11.3. The molecule has 4 N–H and O–H groups in total. The van der Waals surface area contributed by atoms with Crippen molar-refractivity contribution >= 4 is 46.9 Å². The lowest BCUT2D eigenvalue weighted by molar-refractivity contribution is -0.105. The lowest BCUT2D eigenvalue weighted by Crippen LogP contribution is -2.14. The Balaban J connectivity index is 1.32. The van der Waals surface area contributed by atoms with Crippen LogP contribution in [0, 0.1) is 0 Å². The Kier molecular flexibility index (Phi) is 7.47. The van der Waals surface area contributed by atoms with Crippen molar-refractivity contribution in [3.8, 4) is 0 Å². The van der Waals surface area contributed by atoms with E-state index in [2.05, 4.69) is 21.3 Å². The topological polar surface area (TPSA) is 116 Å². The summed E-state index contributed by atoms with van der Waals surface area (Å²) in [6.07, 6.45) is 0.576. The van der Waals surface area contributed by atoms with E-state index in [0.717, 1.165) is 0 Å². The number of benzene rings is 4. The van der Waals surface area contributed by atoms with Crippen LogP contribution in [0.3, 0.4) is 0 Å². The lowest BCUT2D eigenvalue weighted by atomic mass is 10.1. The van der Waals surface area contributed by atoms with Crippen molar-refractivity contribution in [3.05, 3.63) is 120 Å². The maximum Gasteiger partial charge on any atom is 0.255 e. The molecule has 0 saturated heterocycles. The van der Waals surface area contributed by atoms with Crippen LogP contribution in [0.1, 0.15) is 31.1 Å². The Morgan fingerprint density at radius 2 is 0.778 bits per heavy atom. The smallest absolute Gasteiger partial charge is 0.255 e. The monoisotopic (exact) mass is 478 g/mol. The minimum Gasteiger partial charge on any atom is -0.329 e. The Hall–Kier alpha value is -5.24. The summed E-state index contributed by atoms with van der Waals surface area (Å²) in [6.45, 7) is 0. The second-order valence-electron chi connectivity index (χ2n) is 7.72. The van der Waals surface area contributed by atoms with Crippen LogP contribution >= 0.6 is 0 Å². The highest BCUT2D eigenvalue weighted by molar-refractivity contribution is 6.07. The number of rotatable bonds is 8. The van der Waals surface area contributed by atoms with E-state index in [-0.39, 0.29) is 17.7 Å². The second-order valence-corrected chi connectivity index (χ2v) is 7.72. The van der Waals surface area contributed by atoms with E-state index in [0.29, 0.717) is 45.8 Å². The van der Waals surface area contributed by atoms with Gasteiger partial charge in [0.15, 0.2) is 0 Å². The zero-order valence-electron chi connectivity index (χ0n) is 19.0. The van der Waals surface area contributed by atoms with Crippen LogP contribution in [0.15, 0.2) is 103 Å². The van der Waals surface area contributed by atoms with Gasteiger partial charge in [-0.2, -0.15) is 0 Å². The predicted molar refractivity (Wildman–Crippen MR) is 139 cm³/mol. The van der Waals surface area contributed by atoms with E-state index in [1.807, 2.05) is 6.07 Å². The summed E-state index contributed by atoms with van der Waals surface area (Å²) in [7, 11) is 0. The van der Waals surface area contributed by atoms with Gasteiger partial charge in [-0.1, -0.05) is 18.2 Å². The summed E-state index contributed by atoms with van der Waals surface area (Å²) in [5.74, 6) is -0.879. The van der Waals surface area contributed by atoms with Gasteiger partial charge in [0.1, 0.15) is 0 Å². The fraction of sp³-hybridized carbons (Fsp3) is 0. The standard InChI is InChI=1S/C28H22N4O4/c33-18-29-22-10-12-23(13-11-22)31-27(35)20-6-8-21(9-7-20)28(36)32-25-16-14-24(15-17-25)30-26(34)19-4-2-1-3-5-19/h1-18H,(H,29,33)(H,30,34)(H,31,35)(H,32,36). The number of carbonyl (C=O) groups is 4. The van der Waals surface area contributed by atoms with Gasteiger partial charge in [-0.05, 0) is 84.9 Å². The molecule has 0 aromatic heterocycles. The van der Waals surface area contributed by atoms with Crippen molar-refractivity contribution < 1.29 is 19.2 Å². The van der Waals surface area contributed by atoms with Gasteiger partial charge < -0.3 is 21.3 Å². The van der Waals surface area contributed by atoms with Gasteiger partial charge in [0, 0.05) is 39.4 Å². The quantitative estimate of drug-likeness (QED) is 0.266. The molecule has 0 bridgehead atoms. The van der Waals surface area contributed by atoms with Crippen LogP contribution in [-0.2, 0) is 4.79 Å². The molecular formula is C28H22N4O4. The number of nitrogens with one attached hydrogen (secondary N) is 4. The summed E-state index contributed by atoms with van der Waals surface area (Å²) in [4.78, 5) is 47.8. The Morgan fingerprint density at radius 3 is 1.14 bits per heavy atom. The van der Waals surface area contributed by atoms with Crippen molar-refractivity contribution in [1.29, 1.82) is 0 Å². The molecule has 4 aromatic rings. The van der Waals surface area contributed by atoms with Crippen LogP contribution in [0.2, 0.25) is 0 Å². The molecule has 0 spiro atoms. The molecule has 4 rings (SSSR count). The third-order valence-electron chi connectivity index (χ3n) is 5.21. The highest BCUT2D eigenvalue weighted by Crippen LogP contribution is 2.17. The maximum absolute atomic E-state index is 12.6. The number of carbonyl (C=O) groups excluding carboxylic acids is 4. The molecule has 8 heteroatoms. The Bertz CT molecular complexity index is 1370. The third-order valence-corrected chi connectivity index (χ3v) is 5.21. The molecule has 0 heterocycles. The summed E-state index contributed by atoms with van der Waals surface area (Å²) >= 11 is 0. The van der Waals surface area contributed by atoms with Gasteiger partial charge >= 0.3 is 0 Å². The van der Waals surface area contributed by atoms with Crippen LogP contribution < -0.4 is 21.3 Å². The van der Waals surface area contributed by atoms with E-state index in [1.165, 1.54) is 0 Å². The summed E-state index contributed by atoms with van der Waals surface area (Å²) < 4.78 is 0. The fourth-order valence-electron chi connectivity index (χ4n) is 3.33. The Labute approximate surface area is 207 Å². The first-order chi connectivity index (χ1) is 17.5. The van der Waals surface area contributed by atoms with Crippen molar-refractivity contribution in [1.82, 2.24) is 0 Å². The normalized spacial score (nSPS) is 10.1. The molecule has 0 radical (unpaired) electrons. The van der Waals surface area contributed by atoms with E-state index in [4.69, 9.17) is 0 Å². The molecule has 0 aliphatic heterocycles. The molecular weight excluding hydrogens is 456 g/mol. The molecule has 0 aliphatic carbocycles. The SMILES string of the molecule is O=CNc1ccc(NC(=O)c2ccc(C(=O)Nc3ccc(NC(=O)c4ccccc4)cc3)cc2)cc1.